The van der Waals surface area contributed by atoms with Crippen molar-refractivity contribution in [2.24, 2.45) is 7.05 Å². The van der Waals surface area contributed by atoms with Crippen molar-refractivity contribution in [2.75, 3.05) is 13.1 Å². The lowest BCUT2D eigenvalue weighted by molar-refractivity contribution is -0.125. The van der Waals surface area contributed by atoms with Crippen LogP contribution in [0.1, 0.15) is 39.2 Å². The summed E-state index contributed by atoms with van der Waals surface area (Å²) in [6, 6.07) is 1.96. The SMILES string of the molecule is C/C=C(\C=C\C(=O)NC1(C)CCN(C(=O)/C=C/c2ccn(C)c2)C1)CC. The number of hydrogen-bond donors (Lipinski definition) is 1. The number of hydrogen-bond acceptors (Lipinski definition) is 2. The smallest absolute Gasteiger partial charge is 0.246 e. The molecule has 2 amide bonds. The van der Waals surface area contributed by atoms with Crippen LogP contribution in [0.2, 0.25) is 0 Å². The molecule has 1 aliphatic rings. The average molecular weight is 355 g/mol. The van der Waals surface area contributed by atoms with Crippen LogP contribution >= 0.6 is 0 Å². The molecule has 26 heavy (non-hydrogen) atoms. The van der Waals surface area contributed by atoms with E-state index in [1.54, 1.807) is 17.1 Å². The number of carbonyl (C=O) groups excluding carboxylic acids is 2. The minimum Gasteiger partial charge on any atom is -0.357 e. The van der Waals surface area contributed by atoms with Gasteiger partial charge in [-0.15, -0.1) is 0 Å². The molecule has 0 radical (unpaired) electrons. The first-order valence-electron chi connectivity index (χ1n) is 9.09. The Kier molecular flexibility index (Phi) is 6.61. The lowest BCUT2D eigenvalue weighted by atomic mass is 10.0. The van der Waals surface area contributed by atoms with Gasteiger partial charge in [-0.1, -0.05) is 24.6 Å². The van der Waals surface area contributed by atoms with Crippen LogP contribution in [0.15, 0.2) is 48.3 Å². The van der Waals surface area contributed by atoms with E-state index in [2.05, 4.69) is 12.2 Å². The van der Waals surface area contributed by atoms with Crippen LogP contribution in [0.4, 0.5) is 0 Å². The number of likely N-dealkylation sites (tertiary alicyclic amines) is 1. The maximum atomic E-state index is 12.4. The summed E-state index contributed by atoms with van der Waals surface area (Å²) in [5.74, 6) is -0.140. The van der Waals surface area contributed by atoms with Gasteiger partial charge in [0.2, 0.25) is 11.8 Å². The van der Waals surface area contributed by atoms with E-state index in [4.69, 9.17) is 0 Å². The Balaban J connectivity index is 1.90. The predicted octanol–water partition coefficient (Wildman–Crippen LogP) is 3.06. The molecule has 5 heteroatoms. The molecule has 2 rings (SSSR count). The molecule has 0 bridgehead atoms. The summed E-state index contributed by atoms with van der Waals surface area (Å²) in [4.78, 5) is 26.4. The molecule has 0 saturated carbocycles. The van der Waals surface area contributed by atoms with E-state index in [1.165, 1.54) is 0 Å². The molecule has 0 aliphatic carbocycles. The van der Waals surface area contributed by atoms with Crippen LogP contribution in [0.25, 0.3) is 6.08 Å². The standard InChI is InChI=1S/C21H29N3O2/c1-5-17(6-2)7-9-19(25)22-21(3)12-14-24(16-21)20(26)10-8-18-11-13-23(4)15-18/h5,7-11,13,15H,6,12,14,16H2,1-4H3,(H,22,25)/b9-7+,10-8+,17-5-. The fourth-order valence-electron chi connectivity index (χ4n) is 3.09. The van der Waals surface area contributed by atoms with Crippen molar-refractivity contribution in [1.82, 2.24) is 14.8 Å². The first-order valence-corrected chi connectivity index (χ1v) is 9.09. The zero-order valence-corrected chi connectivity index (χ0v) is 16.2. The van der Waals surface area contributed by atoms with Gasteiger partial charge in [-0.25, -0.2) is 0 Å². The highest BCUT2D eigenvalue weighted by molar-refractivity contribution is 5.92. The summed E-state index contributed by atoms with van der Waals surface area (Å²) in [7, 11) is 1.95. The van der Waals surface area contributed by atoms with E-state index in [1.807, 2.05) is 62.2 Å². The van der Waals surface area contributed by atoms with Gasteiger partial charge in [0.25, 0.3) is 0 Å². The van der Waals surface area contributed by atoms with Gasteiger partial charge < -0.3 is 14.8 Å². The third-order valence-electron chi connectivity index (χ3n) is 4.71. The summed E-state index contributed by atoms with van der Waals surface area (Å²) in [6.07, 6.45) is 14.4. The number of rotatable bonds is 6. The summed E-state index contributed by atoms with van der Waals surface area (Å²) in [6.45, 7) is 7.18. The Morgan fingerprint density at radius 1 is 1.31 bits per heavy atom. The Hall–Kier alpha value is -2.56. The van der Waals surface area contributed by atoms with E-state index in [0.29, 0.717) is 13.1 Å². The zero-order chi connectivity index (χ0) is 19.2. The second-order valence-corrected chi connectivity index (χ2v) is 7.05. The topological polar surface area (TPSA) is 54.3 Å². The Morgan fingerprint density at radius 2 is 2.08 bits per heavy atom. The van der Waals surface area contributed by atoms with Gasteiger partial charge in [0.05, 0.1) is 5.54 Å². The van der Waals surface area contributed by atoms with Crippen molar-refractivity contribution in [3.05, 3.63) is 53.9 Å². The van der Waals surface area contributed by atoms with E-state index in [-0.39, 0.29) is 17.4 Å². The van der Waals surface area contributed by atoms with Crippen molar-refractivity contribution in [3.63, 3.8) is 0 Å². The summed E-state index contributed by atoms with van der Waals surface area (Å²) < 4.78 is 1.94. The minimum atomic E-state index is -0.389. The van der Waals surface area contributed by atoms with E-state index in [9.17, 15) is 9.59 Å². The van der Waals surface area contributed by atoms with Gasteiger partial charge in [0, 0.05) is 44.7 Å². The monoisotopic (exact) mass is 355 g/mol. The first-order chi connectivity index (χ1) is 12.3. The van der Waals surface area contributed by atoms with Gasteiger partial charge >= 0.3 is 0 Å². The summed E-state index contributed by atoms with van der Waals surface area (Å²) >= 11 is 0. The van der Waals surface area contributed by atoms with Crippen molar-refractivity contribution in [3.8, 4) is 0 Å². The first kappa shape index (κ1) is 19.8. The highest BCUT2D eigenvalue weighted by Gasteiger charge is 2.36. The zero-order valence-electron chi connectivity index (χ0n) is 16.2. The molecule has 1 aromatic heterocycles. The van der Waals surface area contributed by atoms with E-state index in [0.717, 1.165) is 24.0 Å². The Labute approximate surface area is 156 Å². The lowest BCUT2D eigenvalue weighted by Crippen LogP contribution is -2.47. The van der Waals surface area contributed by atoms with Gasteiger partial charge in [-0.3, -0.25) is 9.59 Å². The fourth-order valence-corrected chi connectivity index (χ4v) is 3.09. The lowest BCUT2D eigenvalue weighted by Gasteiger charge is -2.25. The van der Waals surface area contributed by atoms with Gasteiger partial charge in [-0.05, 0) is 44.4 Å². The van der Waals surface area contributed by atoms with Crippen LogP contribution < -0.4 is 5.32 Å². The summed E-state index contributed by atoms with van der Waals surface area (Å²) in [5, 5.41) is 3.05. The van der Waals surface area contributed by atoms with Crippen LogP contribution in [-0.2, 0) is 16.6 Å². The van der Waals surface area contributed by atoms with Crippen molar-refractivity contribution >= 4 is 17.9 Å². The number of amides is 2. The van der Waals surface area contributed by atoms with Crippen molar-refractivity contribution in [1.29, 1.82) is 0 Å². The van der Waals surface area contributed by atoms with Crippen LogP contribution in [0.5, 0.6) is 0 Å². The van der Waals surface area contributed by atoms with Crippen LogP contribution in [-0.4, -0.2) is 39.9 Å². The molecule has 1 aliphatic heterocycles. The molecule has 1 aromatic rings. The molecule has 1 saturated heterocycles. The van der Waals surface area contributed by atoms with Crippen molar-refractivity contribution in [2.45, 2.75) is 39.2 Å². The van der Waals surface area contributed by atoms with Crippen LogP contribution in [0.3, 0.4) is 0 Å². The number of aryl methyl sites for hydroxylation is 1. The quantitative estimate of drug-likeness (QED) is 0.630. The van der Waals surface area contributed by atoms with Gasteiger partial charge in [-0.2, -0.15) is 0 Å². The largest absolute Gasteiger partial charge is 0.357 e. The number of nitrogens with zero attached hydrogens (tertiary/aromatic N) is 2. The number of allylic oxidation sites excluding steroid dienone is 3. The number of nitrogens with one attached hydrogen (secondary N) is 1. The van der Waals surface area contributed by atoms with Gasteiger partial charge in [0.15, 0.2) is 0 Å². The third kappa shape index (κ3) is 5.48. The molecule has 0 spiro atoms. The average Bonchev–Trinajstić information content (AvgIpc) is 3.19. The third-order valence-corrected chi connectivity index (χ3v) is 4.71. The molecule has 0 aromatic carbocycles. The second kappa shape index (κ2) is 8.70. The highest BCUT2D eigenvalue weighted by Crippen LogP contribution is 2.21. The van der Waals surface area contributed by atoms with Gasteiger partial charge in [0.1, 0.15) is 0 Å². The summed E-state index contributed by atoms with van der Waals surface area (Å²) in [5.41, 5.74) is 1.73. The number of aromatic nitrogens is 1. The maximum Gasteiger partial charge on any atom is 0.246 e. The number of carbonyl (C=O) groups is 2. The van der Waals surface area contributed by atoms with E-state index >= 15 is 0 Å². The molecule has 1 fully saturated rings. The Morgan fingerprint density at radius 3 is 2.69 bits per heavy atom. The van der Waals surface area contributed by atoms with Crippen LogP contribution in [0, 0.1) is 0 Å². The molecular formula is C21H29N3O2. The molecule has 1 N–H and O–H groups in total. The molecule has 1 unspecified atom stereocenters. The molecular weight excluding hydrogens is 326 g/mol. The molecule has 1 atom stereocenters. The predicted molar refractivity (Wildman–Crippen MR) is 105 cm³/mol. The highest BCUT2D eigenvalue weighted by atomic mass is 16.2. The van der Waals surface area contributed by atoms with Crippen molar-refractivity contribution < 1.29 is 9.59 Å². The Bertz CT molecular complexity index is 742. The molecule has 5 nitrogen and oxygen atoms in total. The fraction of sp³-hybridized carbons (Fsp3) is 0.429. The normalized spacial score (nSPS) is 21.1. The van der Waals surface area contributed by atoms with E-state index < -0.39 is 0 Å². The molecule has 140 valence electrons. The molecule has 2 heterocycles. The maximum absolute atomic E-state index is 12.4. The second-order valence-electron chi connectivity index (χ2n) is 7.05. The minimum absolute atomic E-state index is 0.0236.